The lowest BCUT2D eigenvalue weighted by Crippen LogP contribution is -2.19. The summed E-state index contributed by atoms with van der Waals surface area (Å²) in [5.41, 5.74) is 4.41. The fourth-order valence-corrected chi connectivity index (χ4v) is 1.85. The topological polar surface area (TPSA) is 67.3 Å². The number of furan rings is 1. The van der Waals surface area contributed by atoms with Crippen molar-refractivity contribution in [3.63, 3.8) is 0 Å². The fourth-order valence-electron chi connectivity index (χ4n) is 1.68. The molecule has 0 saturated heterocycles. The van der Waals surface area contributed by atoms with Crippen LogP contribution in [-0.2, 0) is 13.1 Å². The summed E-state index contributed by atoms with van der Waals surface area (Å²) in [6.07, 6.45) is 3.39. The van der Waals surface area contributed by atoms with E-state index in [4.69, 9.17) is 21.9 Å². The highest BCUT2D eigenvalue weighted by molar-refractivity contribution is 6.31. The quantitative estimate of drug-likeness (QED) is 0.642. The molecule has 0 unspecified atom stereocenters. The van der Waals surface area contributed by atoms with Gasteiger partial charge in [0.2, 0.25) is 0 Å². The molecule has 2 rings (SSSR count). The van der Waals surface area contributed by atoms with Crippen molar-refractivity contribution in [2.75, 3.05) is 12.5 Å². The Morgan fingerprint density at radius 3 is 2.89 bits per heavy atom. The first-order valence-electron chi connectivity index (χ1n) is 5.50. The van der Waals surface area contributed by atoms with Gasteiger partial charge in [-0.1, -0.05) is 11.6 Å². The molecule has 0 spiro atoms. The van der Waals surface area contributed by atoms with Crippen LogP contribution in [0.4, 0.5) is 5.82 Å². The van der Waals surface area contributed by atoms with Crippen molar-refractivity contribution in [1.29, 1.82) is 0 Å². The normalized spacial score (nSPS) is 10.9. The van der Waals surface area contributed by atoms with Gasteiger partial charge in [0.25, 0.3) is 0 Å². The van der Waals surface area contributed by atoms with Crippen LogP contribution >= 0.6 is 11.6 Å². The van der Waals surface area contributed by atoms with Crippen LogP contribution in [-0.4, -0.2) is 16.9 Å². The van der Waals surface area contributed by atoms with E-state index in [0.29, 0.717) is 17.4 Å². The van der Waals surface area contributed by atoms with E-state index in [1.165, 1.54) is 0 Å². The molecule has 0 radical (unpaired) electrons. The lowest BCUT2D eigenvalue weighted by atomic mass is 10.3. The molecule has 0 aliphatic rings. The van der Waals surface area contributed by atoms with Crippen LogP contribution in [0.1, 0.15) is 11.3 Å². The van der Waals surface area contributed by atoms with Gasteiger partial charge in [-0.3, -0.25) is 4.90 Å². The average Bonchev–Trinajstić information content (AvgIpc) is 2.84. The van der Waals surface area contributed by atoms with Gasteiger partial charge in [-0.2, -0.15) is 0 Å². The number of nitrogens with one attached hydrogen (secondary N) is 1. The van der Waals surface area contributed by atoms with E-state index in [1.807, 2.05) is 13.1 Å². The van der Waals surface area contributed by atoms with E-state index in [1.54, 1.807) is 24.7 Å². The molecule has 0 saturated carbocycles. The number of rotatable bonds is 5. The van der Waals surface area contributed by atoms with Crippen LogP contribution in [0.5, 0.6) is 0 Å². The van der Waals surface area contributed by atoms with E-state index in [2.05, 4.69) is 15.3 Å². The van der Waals surface area contributed by atoms with Crippen molar-refractivity contribution in [3.8, 4) is 0 Å². The van der Waals surface area contributed by atoms with Gasteiger partial charge >= 0.3 is 0 Å². The Morgan fingerprint density at radius 2 is 2.22 bits per heavy atom. The third kappa shape index (κ3) is 3.22. The predicted molar refractivity (Wildman–Crippen MR) is 70.9 cm³/mol. The largest absolute Gasteiger partial charge is 0.472 e. The monoisotopic (exact) mass is 266 g/mol. The van der Waals surface area contributed by atoms with Crippen molar-refractivity contribution in [2.24, 2.45) is 5.84 Å². The van der Waals surface area contributed by atoms with Gasteiger partial charge in [0.05, 0.1) is 23.2 Å². The summed E-state index contributed by atoms with van der Waals surface area (Å²) >= 11 is 6.10. The highest BCUT2D eigenvalue weighted by atomic mass is 35.5. The Labute approximate surface area is 111 Å². The highest BCUT2D eigenvalue weighted by Gasteiger charge is 2.08. The van der Waals surface area contributed by atoms with E-state index in [9.17, 15) is 0 Å². The second-order valence-corrected chi connectivity index (χ2v) is 4.48. The first-order valence-corrected chi connectivity index (χ1v) is 5.88. The van der Waals surface area contributed by atoms with Crippen LogP contribution in [0.15, 0.2) is 35.1 Å². The molecule has 0 aromatic carbocycles. The number of hydrazine groups is 1. The fraction of sp³-hybridized carbons (Fsp3) is 0.250. The van der Waals surface area contributed by atoms with Crippen LogP contribution < -0.4 is 11.3 Å². The first-order chi connectivity index (χ1) is 8.69. The summed E-state index contributed by atoms with van der Waals surface area (Å²) < 4.78 is 5.03. The smallest absolute Gasteiger partial charge is 0.140 e. The second-order valence-electron chi connectivity index (χ2n) is 4.07. The summed E-state index contributed by atoms with van der Waals surface area (Å²) in [5, 5.41) is 0.632. The Bertz CT molecular complexity index is 501. The zero-order chi connectivity index (χ0) is 13.0. The minimum atomic E-state index is 0.603. The second kappa shape index (κ2) is 5.86. The molecular weight excluding hydrogens is 252 g/mol. The molecule has 18 heavy (non-hydrogen) atoms. The predicted octanol–water partition coefficient (Wildman–Crippen LogP) is 2.25. The third-order valence-corrected chi connectivity index (χ3v) is 2.86. The number of aromatic nitrogens is 1. The Hall–Kier alpha value is -1.56. The summed E-state index contributed by atoms with van der Waals surface area (Å²) in [6, 6.07) is 5.45. The minimum absolute atomic E-state index is 0.603. The van der Waals surface area contributed by atoms with Crippen molar-refractivity contribution in [3.05, 3.63) is 47.0 Å². The van der Waals surface area contributed by atoms with Gasteiger partial charge in [-0.25, -0.2) is 10.8 Å². The standard InChI is InChI=1S/C12H15ClN4O/c1-17(6-9-4-5-18-8-9)7-11-10(13)2-3-12(15-11)16-14/h2-5,8H,6-7,14H2,1H3,(H,15,16). The number of halogens is 1. The van der Waals surface area contributed by atoms with Gasteiger partial charge in [-0.15, -0.1) is 0 Å². The van der Waals surface area contributed by atoms with E-state index in [0.717, 1.165) is 17.8 Å². The Morgan fingerprint density at radius 1 is 1.39 bits per heavy atom. The van der Waals surface area contributed by atoms with Gasteiger partial charge in [0.1, 0.15) is 5.82 Å². The van der Waals surface area contributed by atoms with Crippen LogP contribution in [0.25, 0.3) is 0 Å². The van der Waals surface area contributed by atoms with Crippen molar-refractivity contribution >= 4 is 17.4 Å². The summed E-state index contributed by atoms with van der Waals surface area (Å²) in [4.78, 5) is 6.42. The zero-order valence-corrected chi connectivity index (χ0v) is 10.8. The van der Waals surface area contributed by atoms with Gasteiger partial charge < -0.3 is 9.84 Å². The molecule has 0 amide bonds. The first kappa shape index (κ1) is 12.9. The van der Waals surface area contributed by atoms with E-state index < -0.39 is 0 Å². The van der Waals surface area contributed by atoms with E-state index >= 15 is 0 Å². The van der Waals surface area contributed by atoms with Gasteiger partial charge in [-0.05, 0) is 25.2 Å². The number of anilines is 1. The maximum atomic E-state index is 6.10. The van der Waals surface area contributed by atoms with Crippen molar-refractivity contribution < 1.29 is 4.42 Å². The number of nitrogens with two attached hydrogens (primary N) is 1. The number of hydrogen-bond donors (Lipinski definition) is 2. The number of pyridine rings is 1. The molecule has 2 aromatic heterocycles. The number of nitrogen functional groups attached to an aromatic ring is 1. The molecule has 3 N–H and O–H groups in total. The van der Waals surface area contributed by atoms with Crippen molar-refractivity contribution in [1.82, 2.24) is 9.88 Å². The van der Waals surface area contributed by atoms with Crippen LogP contribution in [0.3, 0.4) is 0 Å². The molecule has 6 heteroatoms. The number of hydrogen-bond acceptors (Lipinski definition) is 5. The molecule has 0 aliphatic carbocycles. The molecule has 0 aliphatic heterocycles. The zero-order valence-electron chi connectivity index (χ0n) is 10.1. The van der Waals surface area contributed by atoms with Gasteiger partial charge in [0.15, 0.2) is 0 Å². The molecule has 96 valence electrons. The molecule has 2 heterocycles. The molecule has 5 nitrogen and oxygen atoms in total. The Kier molecular flexibility index (Phi) is 4.19. The van der Waals surface area contributed by atoms with E-state index in [-0.39, 0.29) is 0 Å². The lowest BCUT2D eigenvalue weighted by molar-refractivity contribution is 0.314. The van der Waals surface area contributed by atoms with Crippen LogP contribution in [0.2, 0.25) is 5.02 Å². The highest BCUT2D eigenvalue weighted by Crippen LogP contribution is 2.18. The third-order valence-electron chi connectivity index (χ3n) is 2.52. The summed E-state index contributed by atoms with van der Waals surface area (Å²) in [7, 11) is 1.99. The summed E-state index contributed by atoms with van der Waals surface area (Å²) in [6.45, 7) is 1.41. The van der Waals surface area contributed by atoms with Crippen molar-refractivity contribution in [2.45, 2.75) is 13.1 Å². The molecule has 2 aromatic rings. The lowest BCUT2D eigenvalue weighted by Gasteiger charge is -2.16. The molecule has 0 fully saturated rings. The number of nitrogens with zero attached hydrogens (tertiary/aromatic N) is 2. The molecule has 0 bridgehead atoms. The SMILES string of the molecule is CN(Cc1ccoc1)Cc1nc(NN)ccc1Cl. The maximum Gasteiger partial charge on any atom is 0.140 e. The average molecular weight is 267 g/mol. The van der Waals surface area contributed by atoms with Gasteiger partial charge in [0, 0.05) is 18.7 Å². The summed E-state index contributed by atoms with van der Waals surface area (Å²) in [5.74, 6) is 5.93. The minimum Gasteiger partial charge on any atom is -0.472 e. The molecule has 0 atom stereocenters. The Balaban J connectivity index is 2.04. The maximum absolute atomic E-state index is 6.10. The molecular formula is C12H15ClN4O. The van der Waals surface area contributed by atoms with Crippen LogP contribution in [0, 0.1) is 0 Å².